The van der Waals surface area contributed by atoms with Crippen LogP contribution < -0.4 is 15.5 Å². The average Bonchev–Trinajstić information content (AvgIpc) is 2.92. The first-order valence-electron chi connectivity index (χ1n) is 7.18. The van der Waals surface area contributed by atoms with Crippen molar-refractivity contribution in [2.24, 2.45) is 0 Å². The van der Waals surface area contributed by atoms with Crippen molar-refractivity contribution in [3.8, 4) is 0 Å². The maximum atomic E-state index is 5.85. The molecule has 0 aromatic carbocycles. The second kappa shape index (κ2) is 6.04. The molecule has 6 heteroatoms. The van der Waals surface area contributed by atoms with Gasteiger partial charge >= 0.3 is 0 Å². The summed E-state index contributed by atoms with van der Waals surface area (Å²) >= 11 is 0. The van der Waals surface area contributed by atoms with Crippen molar-refractivity contribution in [1.29, 1.82) is 0 Å². The molecule has 1 aromatic rings. The van der Waals surface area contributed by atoms with Gasteiger partial charge in [-0.25, -0.2) is 0 Å². The van der Waals surface area contributed by atoms with E-state index in [1.165, 1.54) is 12.8 Å². The summed E-state index contributed by atoms with van der Waals surface area (Å²) in [6.45, 7) is 9.36. The maximum Gasteiger partial charge on any atom is 0.232 e. The Morgan fingerprint density at radius 1 is 1.21 bits per heavy atom. The SMILES string of the molecule is CCC(C)N(CC)c1nc(N)nc(N2CCCC2)n1. The van der Waals surface area contributed by atoms with E-state index in [2.05, 4.69) is 45.5 Å². The lowest BCUT2D eigenvalue weighted by Gasteiger charge is -2.28. The molecule has 2 N–H and O–H groups in total. The highest BCUT2D eigenvalue weighted by Gasteiger charge is 2.20. The second-order valence-corrected chi connectivity index (χ2v) is 5.03. The summed E-state index contributed by atoms with van der Waals surface area (Å²) in [5, 5.41) is 0. The third-order valence-electron chi connectivity index (χ3n) is 3.74. The Morgan fingerprint density at radius 2 is 1.89 bits per heavy atom. The van der Waals surface area contributed by atoms with Crippen LogP contribution in [-0.4, -0.2) is 40.6 Å². The summed E-state index contributed by atoms with van der Waals surface area (Å²) < 4.78 is 0. The van der Waals surface area contributed by atoms with Crippen LogP contribution in [0.3, 0.4) is 0 Å². The summed E-state index contributed by atoms with van der Waals surface area (Å²) in [5.74, 6) is 1.74. The molecule has 2 heterocycles. The van der Waals surface area contributed by atoms with Crippen LogP contribution in [0.2, 0.25) is 0 Å². The Bertz CT molecular complexity index is 416. The van der Waals surface area contributed by atoms with Crippen LogP contribution in [0.25, 0.3) is 0 Å². The Hall–Kier alpha value is -1.59. The van der Waals surface area contributed by atoms with Crippen LogP contribution >= 0.6 is 0 Å². The van der Waals surface area contributed by atoms with Gasteiger partial charge in [-0.15, -0.1) is 0 Å². The maximum absolute atomic E-state index is 5.85. The summed E-state index contributed by atoms with van der Waals surface area (Å²) in [6.07, 6.45) is 3.45. The van der Waals surface area contributed by atoms with E-state index in [0.717, 1.165) is 32.0 Å². The fraction of sp³-hybridized carbons (Fsp3) is 0.769. The first-order chi connectivity index (χ1) is 9.15. The Morgan fingerprint density at radius 3 is 2.47 bits per heavy atom. The molecule has 2 rings (SSSR count). The van der Waals surface area contributed by atoms with Gasteiger partial charge in [-0.2, -0.15) is 15.0 Å². The second-order valence-electron chi connectivity index (χ2n) is 5.03. The minimum absolute atomic E-state index is 0.314. The van der Waals surface area contributed by atoms with E-state index in [1.54, 1.807) is 0 Å². The standard InChI is InChI=1S/C13H24N6/c1-4-10(3)19(5-2)13-16-11(14)15-12(17-13)18-8-6-7-9-18/h10H,4-9H2,1-3H3,(H2,14,15,16,17). The molecule has 0 bridgehead atoms. The van der Waals surface area contributed by atoms with Crippen molar-refractivity contribution in [3.63, 3.8) is 0 Å². The molecule has 0 amide bonds. The van der Waals surface area contributed by atoms with Gasteiger partial charge in [-0.05, 0) is 33.1 Å². The van der Waals surface area contributed by atoms with Gasteiger partial charge in [-0.1, -0.05) is 6.92 Å². The minimum Gasteiger partial charge on any atom is -0.368 e. The molecule has 0 saturated carbocycles. The summed E-state index contributed by atoms with van der Waals surface area (Å²) in [6, 6.07) is 0.401. The van der Waals surface area contributed by atoms with Crippen molar-refractivity contribution in [1.82, 2.24) is 15.0 Å². The predicted molar refractivity (Wildman–Crippen MR) is 78.5 cm³/mol. The molecule has 1 aliphatic rings. The molecule has 1 fully saturated rings. The molecule has 1 aromatic heterocycles. The Balaban J connectivity index is 2.29. The first-order valence-corrected chi connectivity index (χ1v) is 7.18. The molecule has 1 saturated heterocycles. The van der Waals surface area contributed by atoms with E-state index in [0.29, 0.717) is 17.9 Å². The number of aromatic nitrogens is 3. The first kappa shape index (κ1) is 13.8. The molecule has 1 atom stereocenters. The lowest BCUT2D eigenvalue weighted by molar-refractivity contribution is 0.613. The Labute approximate surface area is 115 Å². The summed E-state index contributed by atoms with van der Waals surface area (Å²) in [5.41, 5.74) is 5.85. The highest BCUT2D eigenvalue weighted by molar-refractivity contribution is 5.44. The van der Waals surface area contributed by atoms with Gasteiger partial charge in [0.25, 0.3) is 0 Å². The fourth-order valence-electron chi connectivity index (χ4n) is 2.43. The molecular formula is C13H24N6. The molecule has 6 nitrogen and oxygen atoms in total. The molecule has 0 radical (unpaired) electrons. The third kappa shape index (κ3) is 3.05. The van der Waals surface area contributed by atoms with Crippen LogP contribution in [0, 0.1) is 0 Å². The van der Waals surface area contributed by atoms with E-state index in [1.807, 2.05) is 0 Å². The molecule has 0 aliphatic carbocycles. The van der Waals surface area contributed by atoms with Crippen LogP contribution in [0.5, 0.6) is 0 Å². The molecular weight excluding hydrogens is 240 g/mol. The van der Waals surface area contributed by atoms with E-state index in [-0.39, 0.29) is 0 Å². The number of nitrogen functional groups attached to an aromatic ring is 1. The van der Waals surface area contributed by atoms with Crippen molar-refractivity contribution in [2.45, 2.75) is 46.1 Å². The highest BCUT2D eigenvalue weighted by Crippen LogP contribution is 2.20. The number of rotatable bonds is 5. The zero-order chi connectivity index (χ0) is 13.8. The van der Waals surface area contributed by atoms with E-state index >= 15 is 0 Å². The van der Waals surface area contributed by atoms with Crippen molar-refractivity contribution < 1.29 is 0 Å². The lowest BCUT2D eigenvalue weighted by atomic mass is 10.2. The minimum atomic E-state index is 0.314. The molecule has 1 aliphatic heterocycles. The van der Waals surface area contributed by atoms with Crippen LogP contribution in [0.15, 0.2) is 0 Å². The number of hydrogen-bond acceptors (Lipinski definition) is 6. The topological polar surface area (TPSA) is 71.2 Å². The zero-order valence-corrected chi connectivity index (χ0v) is 12.1. The average molecular weight is 264 g/mol. The van der Waals surface area contributed by atoms with Crippen LogP contribution in [-0.2, 0) is 0 Å². The normalized spacial score (nSPS) is 16.7. The molecule has 106 valence electrons. The van der Waals surface area contributed by atoms with E-state index < -0.39 is 0 Å². The number of hydrogen-bond donors (Lipinski definition) is 1. The van der Waals surface area contributed by atoms with Gasteiger partial charge in [0.15, 0.2) is 0 Å². The molecule has 0 spiro atoms. The van der Waals surface area contributed by atoms with Gasteiger partial charge < -0.3 is 15.5 Å². The third-order valence-corrected chi connectivity index (χ3v) is 3.74. The van der Waals surface area contributed by atoms with Gasteiger partial charge in [0, 0.05) is 25.7 Å². The number of anilines is 3. The van der Waals surface area contributed by atoms with Gasteiger partial charge in [0.2, 0.25) is 17.8 Å². The summed E-state index contributed by atoms with van der Waals surface area (Å²) in [4.78, 5) is 17.5. The number of nitrogens with two attached hydrogens (primary N) is 1. The van der Waals surface area contributed by atoms with Gasteiger partial charge in [0.1, 0.15) is 0 Å². The zero-order valence-electron chi connectivity index (χ0n) is 12.1. The lowest BCUT2D eigenvalue weighted by Crippen LogP contribution is -2.34. The highest BCUT2D eigenvalue weighted by atomic mass is 15.4. The van der Waals surface area contributed by atoms with Crippen molar-refractivity contribution in [3.05, 3.63) is 0 Å². The number of nitrogens with zero attached hydrogens (tertiary/aromatic N) is 5. The van der Waals surface area contributed by atoms with Gasteiger partial charge in [0.05, 0.1) is 0 Å². The monoisotopic (exact) mass is 264 g/mol. The summed E-state index contributed by atoms with van der Waals surface area (Å²) in [7, 11) is 0. The van der Waals surface area contributed by atoms with Crippen LogP contribution in [0.4, 0.5) is 17.8 Å². The smallest absolute Gasteiger partial charge is 0.232 e. The van der Waals surface area contributed by atoms with E-state index in [4.69, 9.17) is 5.73 Å². The fourth-order valence-corrected chi connectivity index (χ4v) is 2.43. The van der Waals surface area contributed by atoms with Gasteiger partial charge in [-0.3, -0.25) is 0 Å². The van der Waals surface area contributed by atoms with Crippen molar-refractivity contribution >= 4 is 17.8 Å². The predicted octanol–water partition coefficient (Wildman–Crippen LogP) is 1.68. The Kier molecular flexibility index (Phi) is 4.39. The quantitative estimate of drug-likeness (QED) is 0.872. The molecule has 19 heavy (non-hydrogen) atoms. The van der Waals surface area contributed by atoms with E-state index in [9.17, 15) is 0 Å². The van der Waals surface area contributed by atoms with Crippen LogP contribution in [0.1, 0.15) is 40.0 Å². The van der Waals surface area contributed by atoms with Crippen molar-refractivity contribution in [2.75, 3.05) is 35.2 Å². The molecule has 1 unspecified atom stereocenters. The largest absolute Gasteiger partial charge is 0.368 e.